The minimum atomic E-state index is -0.553. The standard InChI is InChI=1S/C23H19Br2N5O4/c24-15-10-17(23(32)29-7-2-1-3-8-29)21(19(11-15)30(33)34)28-20-6-4-5-18(27-20)22(31)14-9-16(25)13-26-12-14/h4-6,9-13H,1-3,7-8H2,(H,27,28). The molecule has 9 nitrogen and oxygen atoms in total. The maximum Gasteiger partial charge on any atom is 0.294 e. The van der Waals surface area contributed by atoms with Crippen molar-refractivity contribution in [3.05, 3.63) is 84.7 Å². The predicted octanol–water partition coefficient (Wildman–Crippen LogP) is 5.51. The number of benzene rings is 1. The number of hydrogen-bond acceptors (Lipinski definition) is 7. The predicted molar refractivity (Wildman–Crippen MR) is 133 cm³/mol. The van der Waals surface area contributed by atoms with E-state index in [1.165, 1.54) is 12.3 Å². The van der Waals surface area contributed by atoms with Gasteiger partial charge in [-0.3, -0.25) is 24.7 Å². The molecule has 0 atom stereocenters. The average molecular weight is 589 g/mol. The minimum absolute atomic E-state index is 0.0324. The fourth-order valence-corrected chi connectivity index (χ4v) is 4.56. The summed E-state index contributed by atoms with van der Waals surface area (Å²) in [6, 6.07) is 9.27. The molecule has 4 rings (SSSR count). The van der Waals surface area contributed by atoms with Crippen molar-refractivity contribution >= 4 is 60.7 Å². The van der Waals surface area contributed by atoms with Crippen LogP contribution >= 0.6 is 31.9 Å². The molecule has 0 unspecified atom stereocenters. The normalized spacial score (nSPS) is 13.4. The average Bonchev–Trinajstić information content (AvgIpc) is 2.84. The summed E-state index contributed by atoms with van der Waals surface area (Å²) in [6.45, 7) is 1.20. The Morgan fingerprint density at radius 3 is 2.50 bits per heavy atom. The van der Waals surface area contributed by atoms with E-state index in [0.29, 0.717) is 27.6 Å². The van der Waals surface area contributed by atoms with E-state index in [0.717, 1.165) is 19.3 Å². The van der Waals surface area contributed by atoms with Crippen molar-refractivity contribution in [2.75, 3.05) is 18.4 Å². The van der Waals surface area contributed by atoms with E-state index in [2.05, 4.69) is 47.1 Å². The van der Waals surface area contributed by atoms with Crippen LogP contribution in [0.5, 0.6) is 0 Å². The Morgan fingerprint density at radius 2 is 1.79 bits per heavy atom. The number of halogens is 2. The number of piperidine rings is 1. The van der Waals surface area contributed by atoms with Gasteiger partial charge in [0.2, 0.25) is 5.78 Å². The van der Waals surface area contributed by atoms with Gasteiger partial charge in [-0.25, -0.2) is 4.98 Å². The van der Waals surface area contributed by atoms with Gasteiger partial charge in [0.05, 0.1) is 10.5 Å². The quantitative estimate of drug-likeness (QED) is 0.229. The van der Waals surface area contributed by atoms with Crippen molar-refractivity contribution in [1.82, 2.24) is 14.9 Å². The van der Waals surface area contributed by atoms with Crippen molar-refractivity contribution in [3.63, 3.8) is 0 Å². The van der Waals surface area contributed by atoms with Crippen LogP contribution in [0.3, 0.4) is 0 Å². The lowest BCUT2D eigenvalue weighted by Gasteiger charge is -2.27. The maximum absolute atomic E-state index is 13.3. The highest BCUT2D eigenvalue weighted by Gasteiger charge is 2.28. The Hall–Kier alpha value is -3.18. The minimum Gasteiger partial charge on any atom is -0.339 e. The van der Waals surface area contributed by atoms with Gasteiger partial charge in [0.25, 0.3) is 11.6 Å². The number of nitro groups is 1. The molecule has 0 spiro atoms. The number of carbonyl (C=O) groups excluding carboxylic acids is 2. The molecule has 0 aliphatic carbocycles. The molecular weight excluding hydrogens is 570 g/mol. The number of anilines is 2. The van der Waals surface area contributed by atoms with Crippen LogP contribution in [-0.4, -0.2) is 44.6 Å². The van der Waals surface area contributed by atoms with Crippen molar-refractivity contribution in [1.29, 1.82) is 0 Å². The Kier molecular flexibility index (Phi) is 7.32. The van der Waals surface area contributed by atoms with Crippen LogP contribution in [0.1, 0.15) is 45.7 Å². The van der Waals surface area contributed by atoms with Crippen molar-refractivity contribution in [3.8, 4) is 0 Å². The number of aromatic nitrogens is 2. The highest BCUT2D eigenvalue weighted by atomic mass is 79.9. The lowest BCUT2D eigenvalue weighted by atomic mass is 10.1. The number of nitrogens with one attached hydrogen (secondary N) is 1. The molecule has 1 amide bonds. The highest BCUT2D eigenvalue weighted by Crippen LogP contribution is 2.35. The third-order valence-corrected chi connectivity index (χ3v) is 6.25. The van der Waals surface area contributed by atoms with Gasteiger partial charge in [-0.2, -0.15) is 0 Å². The van der Waals surface area contributed by atoms with Gasteiger partial charge in [-0.1, -0.05) is 22.0 Å². The second kappa shape index (κ2) is 10.4. The molecule has 3 heterocycles. The van der Waals surface area contributed by atoms with Gasteiger partial charge >= 0.3 is 0 Å². The third kappa shape index (κ3) is 5.31. The Bertz CT molecular complexity index is 1280. The largest absolute Gasteiger partial charge is 0.339 e. The van der Waals surface area contributed by atoms with E-state index < -0.39 is 4.92 Å². The SMILES string of the molecule is O=C(c1cncc(Br)c1)c1cccc(Nc2c(C(=O)N3CCCCC3)cc(Br)cc2[N+](=O)[O-])n1. The van der Waals surface area contributed by atoms with Gasteiger partial charge in [0, 0.05) is 46.1 Å². The first-order valence-electron chi connectivity index (χ1n) is 10.5. The summed E-state index contributed by atoms with van der Waals surface area (Å²) in [5.74, 6) is -0.446. The van der Waals surface area contributed by atoms with Crippen molar-refractivity contribution in [2.24, 2.45) is 0 Å². The van der Waals surface area contributed by atoms with Crippen LogP contribution in [-0.2, 0) is 0 Å². The Morgan fingerprint density at radius 1 is 1.03 bits per heavy atom. The third-order valence-electron chi connectivity index (χ3n) is 5.35. The number of ketones is 1. The first-order valence-corrected chi connectivity index (χ1v) is 12.1. The van der Waals surface area contributed by atoms with E-state index in [9.17, 15) is 19.7 Å². The molecule has 34 heavy (non-hydrogen) atoms. The second-order valence-corrected chi connectivity index (χ2v) is 9.54. The summed E-state index contributed by atoms with van der Waals surface area (Å²) < 4.78 is 1.07. The zero-order chi connectivity index (χ0) is 24.2. The van der Waals surface area contributed by atoms with E-state index in [4.69, 9.17) is 0 Å². The first-order chi connectivity index (χ1) is 16.3. The maximum atomic E-state index is 13.3. The molecule has 1 aromatic carbocycles. The number of carbonyl (C=O) groups is 2. The Labute approximate surface area is 212 Å². The van der Waals surface area contributed by atoms with Crippen LogP contribution < -0.4 is 5.32 Å². The molecule has 1 saturated heterocycles. The van der Waals surface area contributed by atoms with Crippen molar-refractivity contribution < 1.29 is 14.5 Å². The number of amides is 1. The number of nitrogens with zero attached hydrogens (tertiary/aromatic N) is 4. The number of rotatable bonds is 6. The topological polar surface area (TPSA) is 118 Å². The number of nitro benzene ring substituents is 1. The molecule has 1 N–H and O–H groups in total. The number of pyridine rings is 2. The van der Waals surface area contributed by atoms with E-state index >= 15 is 0 Å². The summed E-state index contributed by atoms with van der Waals surface area (Å²) in [6.07, 6.45) is 5.83. The molecule has 1 aliphatic rings. The van der Waals surface area contributed by atoms with Crippen molar-refractivity contribution in [2.45, 2.75) is 19.3 Å². The second-order valence-electron chi connectivity index (χ2n) is 7.71. The number of hydrogen-bond donors (Lipinski definition) is 1. The molecule has 1 aliphatic heterocycles. The van der Waals surface area contributed by atoms with Crippen LogP contribution in [0, 0.1) is 10.1 Å². The smallest absolute Gasteiger partial charge is 0.294 e. The molecule has 3 aromatic rings. The zero-order valence-electron chi connectivity index (χ0n) is 17.8. The lowest BCUT2D eigenvalue weighted by Crippen LogP contribution is -2.36. The first kappa shape index (κ1) is 24.0. The molecule has 11 heteroatoms. The van der Waals surface area contributed by atoms with Gasteiger partial charge in [-0.05, 0) is 59.5 Å². The van der Waals surface area contributed by atoms with E-state index in [-0.39, 0.29) is 40.1 Å². The monoisotopic (exact) mass is 587 g/mol. The summed E-state index contributed by atoms with van der Waals surface area (Å²) >= 11 is 6.57. The lowest BCUT2D eigenvalue weighted by molar-refractivity contribution is -0.384. The fraction of sp³-hybridized carbons (Fsp3) is 0.217. The fourth-order valence-electron chi connectivity index (χ4n) is 3.75. The zero-order valence-corrected chi connectivity index (χ0v) is 21.0. The molecule has 2 aromatic heterocycles. The summed E-state index contributed by atoms with van der Waals surface area (Å²) in [4.78, 5) is 47.5. The van der Waals surface area contributed by atoms with Crippen LogP contribution in [0.15, 0.2) is 57.7 Å². The van der Waals surface area contributed by atoms with Crippen LogP contribution in [0.2, 0.25) is 0 Å². The van der Waals surface area contributed by atoms with Crippen LogP contribution in [0.25, 0.3) is 0 Å². The van der Waals surface area contributed by atoms with E-state index in [1.807, 2.05) is 0 Å². The molecule has 1 fully saturated rings. The molecule has 0 saturated carbocycles. The summed E-state index contributed by atoms with van der Waals surface area (Å²) in [5, 5.41) is 14.8. The summed E-state index contributed by atoms with van der Waals surface area (Å²) in [7, 11) is 0. The van der Waals surface area contributed by atoms with Gasteiger partial charge in [0.15, 0.2) is 0 Å². The van der Waals surface area contributed by atoms with E-state index in [1.54, 1.807) is 41.4 Å². The summed E-state index contributed by atoms with van der Waals surface area (Å²) in [5.41, 5.74) is 0.398. The highest BCUT2D eigenvalue weighted by molar-refractivity contribution is 9.10. The molecular formula is C23H19Br2N5O4. The van der Waals surface area contributed by atoms with Gasteiger partial charge < -0.3 is 10.2 Å². The number of likely N-dealkylation sites (tertiary alicyclic amines) is 1. The molecule has 174 valence electrons. The van der Waals surface area contributed by atoms with Gasteiger partial charge in [-0.15, -0.1) is 0 Å². The van der Waals surface area contributed by atoms with Crippen LogP contribution in [0.4, 0.5) is 17.2 Å². The van der Waals surface area contributed by atoms with Gasteiger partial charge in [0.1, 0.15) is 17.2 Å². The molecule has 0 radical (unpaired) electrons. The molecule has 0 bridgehead atoms. The Balaban J connectivity index is 1.72.